The van der Waals surface area contributed by atoms with Crippen molar-refractivity contribution in [2.75, 3.05) is 0 Å². The number of halogens is 1. The highest BCUT2D eigenvalue weighted by Crippen LogP contribution is 2.22. The van der Waals surface area contributed by atoms with Gasteiger partial charge in [0, 0.05) is 6.04 Å². The predicted octanol–water partition coefficient (Wildman–Crippen LogP) is 2.42. The largest absolute Gasteiger partial charge is 0.324 e. The molecule has 2 heteroatoms. The van der Waals surface area contributed by atoms with Gasteiger partial charge in [0.05, 0.1) is 0 Å². The first-order chi connectivity index (χ1) is 6.75. The molecule has 0 amide bonds. The van der Waals surface area contributed by atoms with Gasteiger partial charge in [-0.25, -0.2) is 4.39 Å². The van der Waals surface area contributed by atoms with Gasteiger partial charge in [0.1, 0.15) is 5.82 Å². The summed E-state index contributed by atoms with van der Waals surface area (Å²) in [4.78, 5) is 0. The Hall–Kier alpha value is -1.15. The van der Waals surface area contributed by atoms with Gasteiger partial charge in [-0.05, 0) is 30.9 Å². The highest BCUT2D eigenvalue weighted by atomic mass is 19.1. The Balaban J connectivity index is 2.12. The van der Waals surface area contributed by atoms with Gasteiger partial charge in [0.25, 0.3) is 0 Å². The van der Waals surface area contributed by atoms with Crippen molar-refractivity contribution in [3.63, 3.8) is 0 Å². The summed E-state index contributed by atoms with van der Waals surface area (Å²) in [5.74, 6) is -0.117. The molecule has 0 aliphatic heterocycles. The third kappa shape index (κ3) is 2.02. The Kier molecular flexibility index (Phi) is 2.64. The molecule has 1 aromatic rings. The van der Waals surface area contributed by atoms with E-state index in [4.69, 9.17) is 5.73 Å². The number of hydrogen-bond acceptors (Lipinski definition) is 1. The summed E-state index contributed by atoms with van der Waals surface area (Å²) in [6.07, 6.45) is 4.78. The molecule has 1 atom stereocenters. The fourth-order valence-corrected chi connectivity index (χ4v) is 1.86. The summed E-state index contributed by atoms with van der Waals surface area (Å²) in [7, 11) is 0. The van der Waals surface area contributed by atoms with Crippen molar-refractivity contribution in [2.24, 2.45) is 5.73 Å². The van der Waals surface area contributed by atoms with Crippen LogP contribution in [0.1, 0.15) is 18.4 Å². The zero-order valence-corrected chi connectivity index (χ0v) is 8.04. The first-order valence-corrected chi connectivity index (χ1v) is 4.94. The Labute approximate surface area is 83.4 Å². The van der Waals surface area contributed by atoms with Crippen LogP contribution in [0.15, 0.2) is 35.9 Å². The highest BCUT2D eigenvalue weighted by molar-refractivity contribution is 5.26. The van der Waals surface area contributed by atoms with E-state index in [0.29, 0.717) is 6.42 Å². The van der Waals surface area contributed by atoms with Gasteiger partial charge in [0.15, 0.2) is 0 Å². The average molecular weight is 191 g/mol. The van der Waals surface area contributed by atoms with Gasteiger partial charge in [-0.1, -0.05) is 29.8 Å². The second kappa shape index (κ2) is 3.93. The molecule has 0 heterocycles. The fraction of sp³-hybridized carbons (Fsp3) is 0.333. The zero-order valence-electron chi connectivity index (χ0n) is 8.04. The lowest BCUT2D eigenvalue weighted by molar-refractivity contribution is 0.612. The lowest BCUT2D eigenvalue weighted by Crippen LogP contribution is -2.11. The van der Waals surface area contributed by atoms with Crippen molar-refractivity contribution < 1.29 is 4.39 Å². The van der Waals surface area contributed by atoms with Crippen LogP contribution >= 0.6 is 0 Å². The monoisotopic (exact) mass is 191 g/mol. The number of rotatable bonds is 2. The SMILES string of the molecule is NC1C=C(Cc2ccccc2F)CC1. The molecule has 1 unspecified atom stereocenters. The van der Waals surface area contributed by atoms with Crippen molar-refractivity contribution in [2.45, 2.75) is 25.3 Å². The molecule has 0 fully saturated rings. The Bertz CT molecular complexity index is 357. The van der Waals surface area contributed by atoms with Crippen molar-refractivity contribution in [3.8, 4) is 0 Å². The lowest BCUT2D eigenvalue weighted by Gasteiger charge is -2.02. The van der Waals surface area contributed by atoms with Crippen LogP contribution in [0.5, 0.6) is 0 Å². The lowest BCUT2D eigenvalue weighted by atomic mass is 10.0. The van der Waals surface area contributed by atoms with Gasteiger partial charge in [-0.2, -0.15) is 0 Å². The molecule has 1 aliphatic rings. The van der Waals surface area contributed by atoms with Crippen LogP contribution in [0, 0.1) is 5.82 Å². The second-order valence-corrected chi connectivity index (χ2v) is 3.80. The third-order valence-electron chi connectivity index (χ3n) is 2.62. The summed E-state index contributed by atoms with van der Waals surface area (Å²) in [5, 5.41) is 0. The molecule has 1 aliphatic carbocycles. The van der Waals surface area contributed by atoms with E-state index in [2.05, 4.69) is 6.08 Å². The van der Waals surface area contributed by atoms with E-state index in [1.165, 1.54) is 11.6 Å². The molecule has 2 N–H and O–H groups in total. The standard InChI is InChI=1S/C12H14FN/c13-12-4-2-1-3-10(12)7-9-5-6-11(14)8-9/h1-4,8,11H,5-7,14H2. The molecule has 0 saturated heterocycles. The Morgan fingerprint density at radius 2 is 2.14 bits per heavy atom. The van der Waals surface area contributed by atoms with Gasteiger partial charge in [-0.3, -0.25) is 0 Å². The third-order valence-corrected chi connectivity index (χ3v) is 2.62. The van der Waals surface area contributed by atoms with E-state index in [1.54, 1.807) is 6.07 Å². The minimum absolute atomic E-state index is 0.117. The second-order valence-electron chi connectivity index (χ2n) is 3.80. The summed E-state index contributed by atoms with van der Waals surface area (Å²) in [6.45, 7) is 0. The molecule has 1 aromatic carbocycles. The summed E-state index contributed by atoms with van der Waals surface area (Å²) < 4.78 is 13.3. The molecular weight excluding hydrogens is 177 g/mol. The van der Waals surface area contributed by atoms with Gasteiger partial charge >= 0.3 is 0 Å². The van der Waals surface area contributed by atoms with Crippen molar-refractivity contribution in [1.82, 2.24) is 0 Å². The van der Waals surface area contributed by atoms with E-state index in [-0.39, 0.29) is 11.9 Å². The van der Waals surface area contributed by atoms with E-state index in [1.807, 2.05) is 12.1 Å². The minimum atomic E-state index is -0.117. The fourth-order valence-electron chi connectivity index (χ4n) is 1.86. The van der Waals surface area contributed by atoms with E-state index in [0.717, 1.165) is 18.4 Å². The quantitative estimate of drug-likeness (QED) is 0.714. The molecule has 14 heavy (non-hydrogen) atoms. The van der Waals surface area contributed by atoms with Crippen LogP contribution in [0.25, 0.3) is 0 Å². The smallest absolute Gasteiger partial charge is 0.126 e. The number of nitrogens with two attached hydrogens (primary N) is 1. The van der Waals surface area contributed by atoms with E-state index >= 15 is 0 Å². The maximum atomic E-state index is 13.3. The van der Waals surface area contributed by atoms with Crippen molar-refractivity contribution >= 4 is 0 Å². The molecular formula is C12H14FN. The van der Waals surface area contributed by atoms with Crippen molar-refractivity contribution in [1.29, 1.82) is 0 Å². The van der Waals surface area contributed by atoms with E-state index < -0.39 is 0 Å². The van der Waals surface area contributed by atoms with E-state index in [9.17, 15) is 4.39 Å². The molecule has 0 radical (unpaired) electrons. The molecule has 0 bridgehead atoms. The minimum Gasteiger partial charge on any atom is -0.324 e. The number of allylic oxidation sites excluding steroid dienone is 1. The van der Waals surface area contributed by atoms with Crippen LogP contribution in [0.2, 0.25) is 0 Å². The highest BCUT2D eigenvalue weighted by Gasteiger charge is 2.13. The summed E-state index contributed by atoms with van der Waals surface area (Å²) in [5.41, 5.74) is 7.78. The van der Waals surface area contributed by atoms with Gasteiger partial charge < -0.3 is 5.73 Å². The number of hydrogen-bond donors (Lipinski definition) is 1. The molecule has 74 valence electrons. The maximum Gasteiger partial charge on any atom is 0.126 e. The van der Waals surface area contributed by atoms with Crippen LogP contribution in [-0.4, -0.2) is 6.04 Å². The van der Waals surface area contributed by atoms with Crippen LogP contribution in [0.3, 0.4) is 0 Å². The van der Waals surface area contributed by atoms with Crippen LogP contribution in [-0.2, 0) is 6.42 Å². The number of benzene rings is 1. The normalized spacial score (nSPS) is 21.0. The predicted molar refractivity (Wildman–Crippen MR) is 55.4 cm³/mol. The van der Waals surface area contributed by atoms with Crippen LogP contribution in [0.4, 0.5) is 4.39 Å². The summed E-state index contributed by atoms with van der Waals surface area (Å²) in [6, 6.07) is 7.10. The van der Waals surface area contributed by atoms with Crippen LogP contribution < -0.4 is 5.73 Å². The van der Waals surface area contributed by atoms with Crippen molar-refractivity contribution in [3.05, 3.63) is 47.3 Å². The average Bonchev–Trinajstić information content (AvgIpc) is 2.56. The zero-order chi connectivity index (χ0) is 9.97. The molecule has 0 aromatic heterocycles. The topological polar surface area (TPSA) is 26.0 Å². The molecule has 2 rings (SSSR count). The van der Waals surface area contributed by atoms with Gasteiger partial charge in [-0.15, -0.1) is 0 Å². The Morgan fingerprint density at radius 3 is 2.79 bits per heavy atom. The van der Waals surface area contributed by atoms with Gasteiger partial charge in [0.2, 0.25) is 0 Å². The Morgan fingerprint density at radius 1 is 1.36 bits per heavy atom. The first-order valence-electron chi connectivity index (χ1n) is 4.94. The first kappa shape index (κ1) is 9.41. The molecule has 1 nitrogen and oxygen atoms in total. The summed E-state index contributed by atoms with van der Waals surface area (Å²) >= 11 is 0. The molecule has 0 saturated carbocycles. The maximum absolute atomic E-state index is 13.3. The molecule has 0 spiro atoms.